The standard InChI is InChI=1S/C6H2F10N2/c7-2(4(8,9)10)1-17-18-3(2,5(11,12)13)6(14,15)16/h1,18H. The number of hydrogen-bond acceptors (Lipinski definition) is 2. The van der Waals surface area contributed by atoms with Crippen molar-refractivity contribution < 1.29 is 43.9 Å². The van der Waals surface area contributed by atoms with E-state index in [9.17, 15) is 43.9 Å². The maximum Gasteiger partial charge on any atom is 0.430 e. The number of rotatable bonds is 0. The lowest BCUT2D eigenvalue weighted by Gasteiger charge is -2.41. The summed E-state index contributed by atoms with van der Waals surface area (Å²) in [6, 6.07) is 0. The second-order valence-corrected chi connectivity index (χ2v) is 3.33. The highest BCUT2D eigenvalue weighted by molar-refractivity contribution is 5.76. The molecule has 0 radical (unpaired) electrons. The van der Waals surface area contributed by atoms with Crippen LogP contribution in [-0.4, -0.2) is 36.0 Å². The Morgan fingerprint density at radius 2 is 1.17 bits per heavy atom. The van der Waals surface area contributed by atoms with E-state index in [-0.39, 0.29) is 5.43 Å². The van der Waals surface area contributed by atoms with Crippen LogP contribution in [0.3, 0.4) is 0 Å². The zero-order valence-corrected chi connectivity index (χ0v) is 7.80. The van der Waals surface area contributed by atoms with Gasteiger partial charge in [0.25, 0.3) is 11.2 Å². The minimum Gasteiger partial charge on any atom is -0.283 e. The van der Waals surface area contributed by atoms with Crippen molar-refractivity contribution in [1.82, 2.24) is 5.43 Å². The highest BCUT2D eigenvalue weighted by atomic mass is 19.4. The van der Waals surface area contributed by atoms with Crippen LogP contribution < -0.4 is 5.43 Å². The summed E-state index contributed by atoms with van der Waals surface area (Å²) in [4.78, 5) is 0. The number of halogens is 10. The SMILES string of the molecule is FC(F)(F)C1(F)C=NNC1(C(F)(F)F)C(F)(F)F. The molecule has 0 aliphatic carbocycles. The fraction of sp³-hybridized carbons (Fsp3) is 0.833. The molecule has 0 amide bonds. The van der Waals surface area contributed by atoms with Gasteiger partial charge in [0, 0.05) is 0 Å². The largest absolute Gasteiger partial charge is 0.430 e. The van der Waals surface area contributed by atoms with E-state index < -0.39 is 36.0 Å². The Bertz CT molecular complexity index is 348. The van der Waals surface area contributed by atoms with Crippen molar-refractivity contribution in [3.8, 4) is 0 Å². The van der Waals surface area contributed by atoms with Crippen molar-refractivity contribution >= 4 is 6.21 Å². The van der Waals surface area contributed by atoms with Crippen molar-refractivity contribution in [3.63, 3.8) is 0 Å². The molecular formula is C6H2F10N2. The summed E-state index contributed by atoms with van der Waals surface area (Å²) >= 11 is 0. The second kappa shape index (κ2) is 3.41. The van der Waals surface area contributed by atoms with Gasteiger partial charge >= 0.3 is 18.5 Å². The van der Waals surface area contributed by atoms with Crippen molar-refractivity contribution in [2.24, 2.45) is 5.10 Å². The maximum atomic E-state index is 13.4. The van der Waals surface area contributed by atoms with Crippen molar-refractivity contribution in [3.05, 3.63) is 0 Å². The third-order valence-corrected chi connectivity index (χ3v) is 2.28. The predicted molar refractivity (Wildman–Crippen MR) is 36.4 cm³/mol. The molecule has 1 heterocycles. The van der Waals surface area contributed by atoms with Crippen LogP contribution in [0, 0.1) is 0 Å². The molecular weight excluding hydrogens is 290 g/mol. The van der Waals surface area contributed by atoms with Crippen LogP contribution in [0.5, 0.6) is 0 Å². The number of alkyl halides is 10. The quantitative estimate of drug-likeness (QED) is 0.682. The lowest BCUT2D eigenvalue weighted by Crippen LogP contribution is -2.77. The van der Waals surface area contributed by atoms with Gasteiger partial charge < -0.3 is 0 Å². The van der Waals surface area contributed by atoms with E-state index in [1.165, 1.54) is 0 Å². The fourth-order valence-electron chi connectivity index (χ4n) is 1.38. The van der Waals surface area contributed by atoms with Crippen LogP contribution in [-0.2, 0) is 0 Å². The van der Waals surface area contributed by atoms with Gasteiger partial charge in [0.1, 0.15) is 0 Å². The summed E-state index contributed by atoms with van der Waals surface area (Å²) in [7, 11) is 0. The van der Waals surface area contributed by atoms with Gasteiger partial charge in [-0.15, -0.1) is 0 Å². The second-order valence-electron chi connectivity index (χ2n) is 3.33. The topological polar surface area (TPSA) is 24.4 Å². The van der Waals surface area contributed by atoms with E-state index in [0.717, 1.165) is 0 Å². The molecule has 18 heavy (non-hydrogen) atoms. The summed E-state index contributed by atoms with van der Waals surface area (Å²) in [6.45, 7) is 0. The van der Waals surface area contributed by atoms with Gasteiger partial charge in [-0.1, -0.05) is 0 Å². The summed E-state index contributed by atoms with van der Waals surface area (Å²) in [6.07, 6.45) is -20.8. The first-order valence-electron chi connectivity index (χ1n) is 3.91. The lowest BCUT2D eigenvalue weighted by atomic mass is 9.81. The first kappa shape index (κ1) is 14.8. The normalized spacial score (nSPS) is 28.3. The highest BCUT2D eigenvalue weighted by Gasteiger charge is 2.89. The van der Waals surface area contributed by atoms with E-state index in [2.05, 4.69) is 0 Å². The van der Waals surface area contributed by atoms with Gasteiger partial charge in [-0.3, -0.25) is 5.43 Å². The summed E-state index contributed by atoms with van der Waals surface area (Å²) in [5.41, 5.74) is -11.4. The molecule has 0 saturated carbocycles. The molecule has 1 atom stereocenters. The Labute approximate surface area is 91.6 Å². The molecule has 0 aromatic rings. The Kier molecular flexibility index (Phi) is 2.81. The van der Waals surface area contributed by atoms with Crippen LogP contribution in [0.2, 0.25) is 0 Å². The first-order chi connectivity index (χ1) is 7.71. The summed E-state index contributed by atoms with van der Waals surface area (Å²) < 4.78 is 124. The average Bonchev–Trinajstić information content (AvgIpc) is 2.40. The zero-order valence-electron chi connectivity index (χ0n) is 7.80. The summed E-state index contributed by atoms with van der Waals surface area (Å²) in [5.74, 6) is 0. The summed E-state index contributed by atoms with van der Waals surface area (Å²) in [5, 5.41) is 1.98. The van der Waals surface area contributed by atoms with Gasteiger partial charge in [-0.05, 0) is 0 Å². The van der Waals surface area contributed by atoms with Gasteiger partial charge in [0.15, 0.2) is 0 Å². The average molecular weight is 292 g/mol. The van der Waals surface area contributed by atoms with E-state index in [1.807, 2.05) is 5.10 Å². The molecule has 0 saturated heterocycles. The van der Waals surface area contributed by atoms with Gasteiger partial charge in [-0.2, -0.15) is 44.6 Å². The minimum atomic E-state index is -6.61. The Morgan fingerprint density at radius 1 is 0.778 bits per heavy atom. The number of hydrazone groups is 1. The van der Waals surface area contributed by atoms with Crippen molar-refractivity contribution in [2.45, 2.75) is 29.7 Å². The fourth-order valence-corrected chi connectivity index (χ4v) is 1.38. The van der Waals surface area contributed by atoms with Crippen LogP contribution >= 0.6 is 0 Å². The highest BCUT2D eigenvalue weighted by Crippen LogP contribution is 2.57. The molecule has 1 aliphatic heterocycles. The molecule has 1 N–H and O–H groups in total. The smallest absolute Gasteiger partial charge is 0.283 e. The molecule has 1 aliphatic rings. The van der Waals surface area contributed by atoms with Crippen molar-refractivity contribution in [1.29, 1.82) is 0 Å². The lowest BCUT2D eigenvalue weighted by molar-refractivity contribution is -0.363. The third-order valence-electron chi connectivity index (χ3n) is 2.28. The van der Waals surface area contributed by atoms with E-state index in [1.54, 1.807) is 0 Å². The molecule has 0 fully saturated rings. The molecule has 106 valence electrons. The third kappa shape index (κ3) is 1.53. The molecule has 0 bridgehead atoms. The Morgan fingerprint density at radius 3 is 1.39 bits per heavy atom. The molecule has 0 aromatic carbocycles. The Balaban J connectivity index is 3.58. The molecule has 1 unspecified atom stereocenters. The van der Waals surface area contributed by atoms with Crippen LogP contribution in [0.1, 0.15) is 0 Å². The molecule has 1 rings (SSSR count). The number of nitrogens with one attached hydrogen (secondary N) is 1. The predicted octanol–water partition coefficient (Wildman–Crippen LogP) is 2.71. The minimum absolute atomic E-state index is 0.172. The maximum absolute atomic E-state index is 13.4. The first-order valence-corrected chi connectivity index (χ1v) is 3.91. The zero-order chi connectivity index (χ0) is 14.6. The Hall–Kier alpha value is -1.23. The van der Waals surface area contributed by atoms with Crippen LogP contribution in [0.15, 0.2) is 5.10 Å². The number of nitrogens with zero attached hydrogens (tertiary/aromatic N) is 1. The van der Waals surface area contributed by atoms with Gasteiger partial charge in [0.05, 0.1) is 6.21 Å². The van der Waals surface area contributed by atoms with E-state index in [0.29, 0.717) is 0 Å². The number of hydrogen-bond donors (Lipinski definition) is 1. The molecule has 12 heteroatoms. The van der Waals surface area contributed by atoms with Gasteiger partial charge in [-0.25, -0.2) is 4.39 Å². The molecule has 0 spiro atoms. The van der Waals surface area contributed by atoms with Crippen LogP contribution in [0.4, 0.5) is 43.9 Å². The molecule has 2 nitrogen and oxygen atoms in total. The van der Waals surface area contributed by atoms with Gasteiger partial charge in [0.2, 0.25) is 0 Å². The van der Waals surface area contributed by atoms with Crippen LogP contribution in [0.25, 0.3) is 0 Å². The molecule has 0 aromatic heterocycles. The van der Waals surface area contributed by atoms with E-state index >= 15 is 0 Å². The van der Waals surface area contributed by atoms with Crippen molar-refractivity contribution in [2.75, 3.05) is 0 Å². The monoisotopic (exact) mass is 292 g/mol. The van der Waals surface area contributed by atoms with E-state index in [4.69, 9.17) is 0 Å².